The van der Waals surface area contributed by atoms with E-state index in [1.165, 1.54) is 13.0 Å². The Balaban J connectivity index is 2.79. The lowest BCUT2D eigenvalue weighted by atomic mass is 9.95. The van der Waals surface area contributed by atoms with Crippen LogP contribution < -0.4 is 5.32 Å². The minimum atomic E-state index is -1.03. The van der Waals surface area contributed by atoms with E-state index in [1.54, 1.807) is 32.0 Å². The first kappa shape index (κ1) is 16.7. The highest BCUT2D eigenvalue weighted by Crippen LogP contribution is 2.16. The zero-order valence-corrected chi connectivity index (χ0v) is 12.3. The Bertz CT molecular complexity index is 541. The summed E-state index contributed by atoms with van der Waals surface area (Å²) < 4.78 is 4.88. The molecule has 0 bridgehead atoms. The molecule has 21 heavy (non-hydrogen) atoms. The normalized spacial score (nSPS) is 13.1. The third-order valence-electron chi connectivity index (χ3n) is 3.19. The Morgan fingerprint density at radius 1 is 1.24 bits per heavy atom. The van der Waals surface area contributed by atoms with Gasteiger partial charge in [-0.3, -0.25) is 9.59 Å². The van der Waals surface area contributed by atoms with Gasteiger partial charge in [0.15, 0.2) is 0 Å². The van der Waals surface area contributed by atoms with Crippen LogP contribution in [0, 0.1) is 11.8 Å². The first-order valence-electron chi connectivity index (χ1n) is 6.67. The number of benzene rings is 1. The number of amides is 1. The summed E-state index contributed by atoms with van der Waals surface area (Å²) in [4.78, 5) is 34.4. The van der Waals surface area contributed by atoms with E-state index in [2.05, 4.69) is 5.32 Å². The van der Waals surface area contributed by atoms with E-state index in [-0.39, 0.29) is 6.61 Å². The molecule has 0 saturated heterocycles. The van der Waals surface area contributed by atoms with Crippen molar-refractivity contribution in [3.05, 3.63) is 29.8 Å². The van der Waals surface area contributed by atoms with E-state index in [9.17, 15) is 14.4 Å². The maximum Gasteiger partial charge on any atom is 0.338 e. The molecule has 2 atom stereocenters. The number of anilines is 1. The smallest absolute Gasteiger partial charge is 0.338 e. The lowest BCUT2D eigenvalue weighted by molar-refractivity contribution is -0.145. The largest absolute Gasteiger partial charge is 0.481 e. The Kier molecular flexibility index (Phi) is 5.90. The molecule has 1 aromatic carbocycles. The van der Waals surface area contributed by atoms with Gasteiger partial charge >= 0.3 is 11.9 Å². The zero-order valence-electron chi connectivity index (χ0n) is 12.3. The molecule has 1 rings (SSSR count). The summed E-state index contributed by atoms with van der Waals surface area (Å²) in [5, 5.41) is 11.5. The molecule has 0 saturated carbocycles. The van der Waals surface area contributed by atoms with E-state index in [1.807, 2.05) is 0 Å². The van der Waals surface area contributed by atoms with Gasteiger partial charge in [-0.05, 0) is 25.1 Å². The van der Waals surface area contributed by atoms with E-state index < -0.39 is 29.7 Å². The fourth-order valence-corrected chi connectivity index (χ4v) is 1.64. The van der Waals surface area contributed by atoms with Gasteiger partial charge in [-0.2, -0.15) is 0 Å². The molecule has 0 aliphatic heterocycles. The highest BCUT2D eigenvalue weighted by atomic mass is 16.5. The van der Waals surface area contributed by atoms with E-state index in [0.717, 1.165) is 0 Å². The molecule has 114 valence electrons. The summed E-state index contributed by atoms with van der Waals surface area (Å²) in [5.74, 6) is -3.39. The minimum absolute atomic E-state index is 0.266. The second-order valence-electron chi connectivity index (χ2n) is 4.71. The molecule has 1 aromatic rings. The number of hydrogen-bond donors (Lipinski definition) is 2. The summed E-state index contributed by atoms with van der Waals surface area (Å²) in [6, 6.07) is 6.32. The van der Waals surface area contributed by atoms with Crippen LogP contribution in [0.2, 0.25) is 0 Å². The quantitative estimate of drug-likeness (QED) is 0.784. The van der Waals surface area contributed by atoms with Gasteiger partial charge in [0.25, 0.3) is 0 Å². The number of esters is 1. The number of rotatable bonds is 6. The minimum Gasteiger partial charge on any atom is -0.481 e. The molecular weight excluding hydrogens is 274 g/mol. The van der Waals surface area contributed by atoms with Crippen LogP contribution in [0.4, 0.5) is 5.69 Å². The predicted molar refractivity (Wildman–Crippen MR) is 77.0 cm³/mol. The number of carbonyl (C=O) groups excluding carboxylic acids is 2. The van der Waals surface area contributed by atoms with Crippen LogP contribution in [-0.2, 0) is 14.3 Å². The van der Waals surface area contributed by atoms with Crippen LogP contribution in [0.3, 0.4) is 0 Å². The van der Waals surface area contributed by atoms with Crippen molar-refractivity contribution in [1.82, 2.24) is 0 Å². The van der Waals surface area contributed by atoms with Crippen LogP contribution in [0.25, 0.3) is 0 Å². The Labute approximate surface area is 123 Å². The molecule has 2 N–H and O–H groups in total. The average Bonchev–Trinajstić information content (AvgIpc) is 2.46. The van der Waals surface area contributed by atoms with Gasteiger partial charge in [-0.25, -0.2) is 4.79 Å². The van der Waals surface area contributed by atoms with Crippen molar-refractivity contribution in [3.8, 4) is 0 Å². The Morgan fingerprint density at radius 3 is 2.48 bits per heavy atom. The summed E-state index contributed by atoms with van der Waals surface area (Å²) >= 11 is 0. The van der Waals surface area contributed by atoms with Crippen LogP contribution in [0.1, 0.15) is 31.1 Å². The van der Waals surface area contributed by atoms with Gasteiger partial charge in [0.05, 0.1) is 18.1 Å². The maximum absolute atomic E-state index is 12.0. The van der Waals surface area contributed by atoms with E-state index in [4.69, 9.17) is 9.84 Å². The number of carbonyl (C=O) groups is 3. The van der Waals surface area contributed by atoms with Crippen molar-refractivity contribution in [2.45, 2.75) is 20.8 Å². The number of aliphatic carboxylic acids is 1. The van der Waals surface area contributed by atoms with Gasteiger partial charge in [-0.15, -0.1) is 0 Å². The van der Waals surface area contributed by atoms with Crippen molar-refractivity contribution in [1.29, 1.82) is 0 Å². The van der Waals surface area contributed by atoms with Crippen molar-refractivity contribution < 1.29 is 24.2 Å². The van der Waals surface area contributed by atoms with Crippen LogP contribution in [0.5, 0.6) is 0 Å². The van der Waals surface area contributed by atoms with Gasteiger partial charge in [0, 0.05) is 11.6 Å². The molecule has 0 spiro atoms. The molecule has 6 nitrogen and oxygen atoms in total. The molecule has 0 radical (unpaired) electrons. The van der Waals surface area contributed by atoms with Gasteiger partial charge in [0.1, 0.15) is 0 Å². The number of carboxylic acid groups (broad SMARTS) is 1. The lowest BCUT2D eigenvalue weighted by Gasteiger charge is -2.16. The van der Waals surface area contributed by atoms with E-state index in [0.29, 0.717) is 11.3 Å². The predicted octanol–water partition coefficient (Wildman–Crippen LogP) is 2.16. The summed E-state index contributed by atoms with van der Waals surface area (Å²) in [7, 11) is 0. The molecule has 0 aromatic heterocycles. The molecule has 0 heterocycles. The lowest BCUT2D eigenvalue weighted by Crippen LogP contribution is -2.30. The topological polar surface area (TPSA) is 92.7 Å². The van der Waals surface area contributed by atoms with Gasteiger partial charge in [0.2, 0.25) is 5.91 Å². The number of hydrogen-bond acceptors (Lipinski definition) is 4. The summed E-state index contributed by atoms with van der Waals surface area (Å²) in [5.41, 5.74) is 0.753. The second-order valence-corrected chi connectivity index (χ2v) is 4.71. The molecule has 2 unspecified atom stereocenters. The SMILES string of the molecule is CCOC(=O)c1cccc(NC(=O)C(C)C(C)C(=O)O)c1. The number of carboxylic acids is 1. The van der Waals surface area contributed by atoms with Gasteiger partial charge < -0.3 is 15.2 Å². The molecule has 0 aliphatic rings. The standard InChI is InChI=1S/C15H19NO5/c1-4-21-15(20)11-6-5-7-12(8-11)16-13(17)9(2)10(3)14(18)19/h5-10H,4H2,1-3H3,(H,16,17)(H,18,19). The van der Waals surface area contributed by atoms with Crippen LogP contribution in [-0.4, -0.2) is 29.6 Å². The fraction of sp³-hybridized carbons (Fsp3) is 0.400. The van der Waals surface area contributed by atoms with Crippen molar-refractivity contribution >= 4 is 23.5 Å². The van der Waals surface area contributed by atoms with Crippen molar-refractivity contribution in [3.63, 3.8) is 0 Å². The molecule has 0 fully saturated rings. The van der Waals surface area contributed by atoms with Crippen LogP contribution >= 0.6 is 0 Å². The summed E-state index contributed by atoms with van der Waals surface area (Å²) in [6.45, 7) is 4.99. The molecule has 6 heteroatoms. The van der Waals surface area contributed by atoms with Crippen LogP contribution in [0.15, 0.2) is 24.3 Å². The third-order valence-corrected chi connectivity index (χ3v) is 3.19. The Hall–Kier alpha value is -2.37. The zero-order chi connectivity index (χ0) is 16.0. The van der Waals surface area contributed by atoms with Crippen molar-refractivity contribution in [2.24, 2.45) is 11.8 Å². The van der Waals surface area contributed by atoms with Crippen molar-refractivity contribution in [2.75, 3.05) is 11.9 Å². The average molecular weight is 293 g/mol. The second kappa shape index (κ2) is 7.42. The van der Waals surface area contributed by atoms with E-state index >= 15 is 0 Å². The molecule has 0 aliphatic carbocycles. The third kappa shape index (κ3) is 4.59. The Morgan fingerprint density at radius 2 is 1.90 bits per heavy atom. The monoisotopic (exact) mass is 293 g/mol. The fourth-order valence-electron chi connectivity index (χ4n) is 1.64. The number of nitrogens with one attached hydrogen (secondary N) is 1. The molecular formula is C15H19NO5. The highest BCUT2D eigenvalue weighted by Gasteiger charge is 2.25. The number of ether oxygens (including phenoxy) is 1. The summed E-state index contributed by atoms with van der Waals surface area (Å²) in [6.07, 6.45) is 0. The maximum atomic E-state index is 12.0. The van der Waals surface area contributed by atoms with Gasteiger partial charge in [-0.1, -0.05) is 19.9 Å². The molecule has 1 amide bonds. The highest BCUT2D eigenvalue weighted by molar-refractivity contribution is 5.96. The first-order valence-corrected chi connectivity index (χ1v) is 6.67. The first-order chi connectivity index (χ1) is 9.86.